The van der Waals surface area contributed by atoms with E-state index in [9.17, 15) is 14.7 Å². The number of carboxylic acid groups (broad SMARTS) is 1. The summed E-state index contributed by atoms with van der Waals surface area (Å²) in [6, 6.07) is 14.3. The molecule has 2 unspecified atom stereocenters. The Hall–Kier alpha value is -3.12. The van der Waals surface area contributed by atoms with Gasteiger partial charge in [0.05, 0.1) is 16.9 Å². The zero-order valence-corrected chi connectivity index (χ0v) is 18.3. The smallest absolute Gasteiger partial charge is 0.337 e. The van der Waals surface area contributed by atoms with Crippen molar-refractivity contribution in [1.82, 2.24) is 9.78 Å². The highest BCUT2D eigenvalue weighted by atomic mass is 35.5. The van der Waals surface area contributed by atoms with Crippen LogP contribution >= 0.6 is 11.6 Å². The van der Waals surface area contributed by atoms with Crippen molar-refractivity contribution in [1.29, 1.82) is 0 Å². The van der Waals surface area contributed by atoms with E-state index >= 15 is 0 Å². The number of benzene rings is 2. The van der Waals surface area contributed by atoms with Gasteiger partial charge in [-0.05, 0) is 54.3 Å². The number of rotatable bonds is 5. The van der Waals surface area contributed by atoms with E-state index in [1.54, 1.807) is 23.0 Å². The molecule has 7 heteroatoms. The number of aromatic nitrogens is 2. The summed E-state index contributed by atoms with van der Waals surface area (Å²) in [4.78, 5) is 24.6. The van der Waals surface area contributed by atoms with Gasteiger partial charge in [0.2, 0.25) is 5.91 Å². The molecule has 160 valence electrons. The van der Waals surface area contributed by atoms with Crippen LogP contribution in [0, 0.1) is 5.92 Å². The van der Waals surface area contributed by atoms with Crippen LogP contribution in [-0.2, 0) is 10.2 Å². The molecule has 3 aromatic rings. The molecule has 1 aromatic heterocycles. The third-order valence-corrected chi connectivity index (χ3v) is 5.78. The van der Waals surface area contributed by atoms with Crippen LogP contribution in [0.3, 0.4) is 0 Å². The van der Waals surface area contributed by atoms with Crippen molar-refractivity contribution in [3.63, 3.8) is 0 Å². The normalized spacial score (nSPS) is 17.9. The van der Waals surface area contributed by atoms with Crippen molar-refractivity contribution in [2.24, 2.45) is 5.92 Å². The molecule has 2 atom stereocenters. The van der Waals surface area contributed by atoms with E-state index in [4.69, 9.17) is 11.6 Å². The zero-order valence-electron chi connectivity index (χ0n) is 17.6. The number of nitrogens with zero attached hydrogens (tertiary/aromatic N) is 2. The molecular formula is C24H24ClN3O3. The molecule has 6 nitrogen and oxygen atoms in total. The molecule has 31 heavy (non-hydrogen) atoms. The van der Waals surface area contributed by atoms with E-state index in [1.807, 2.05) is 51.1 Å². The van der Waals surface area contributed by atoms with Crippen LogP contribution in [0.1, 0.15) is 54.7 Å². The summed E-state index contributed by atoms with van der Waals surface area (Å²) < 4.78 is 1.56. The van der Waals surface area contributed by atoms with Crippen molar-refractivity contribution in [2.45, 2.75) is 38.5 Å². The maximum absolute atomic E-state index is 12.7. The monoisotopic (exact) mass is 437 g/mol. The predicted octanol–water partition coefficient (Wildman–Crippen LogP) is 5.26. The molecule has 0 saturated heterocycles. The minimum absolute atomic E-state index is 0.0754. The Morgan fingerprint density at radius 1 is 1.13 bits per heavy atom. The van der Waals surface area contributed by atoms with Crippen LogP contribution in [0.4, 0.5) is 5.69 Å². The summed E-state index contributed by atoms with van der Waals surface area (Å²) in [5.41, 5.74) is 2.78. The van der Waals surface area contributed by atoms with E-state index < -0.39 is 5.97 Å². The van der Waals surface area contributed by atoms with E-state index in [0.29, 0.717) is 16.4 Å². The first-order chi connectivity index (χ1) is 14.6. The summed E-state index contributed by atoms with van der Waals surface area (Å²) in [7, 11) is 0. The van der Waals surface area contributed by atoms with Crippen LogP contribution in [0.2, 0.25) is 5.02 Å². The second-order valence-electron chi connectivity index (χ2n) is 8.92. The molecule has 4 rings (SSSR count). The summed E-state index contributed by atoms with van der Waals surface area (Å²) in [5.74, 6) is -1.16. The van der Waals surface area contributed by atoms with E-state index in [-0.39, 0.29) is 28.7 Å². The van der Waals surface area contributed by atoms with E-state index in [2.05, 4.69) is 10.4 Å². The highest BCUT2D eigenvalue weighted by Crippen LogP contribution is 2.48. The lowest BCUT2D eigenvalue weighted by atomic mass is 9.93. The number of carbonyl (C=O) groups is 2. The van der Waals surface area contributed by atoms with Crippen molar-refractivity contribution in [3.8, 4) is 5.69 Å². The van der Waals surface area contributed by atoms with Gasteiger partial charge in [-0.25, -0.2) is 9.48 Å². The average Bonchev–Trinajstić information content (AvgIpc) is 3.35. The van der Waals surface area contributed by atoms with Crippen LogP contribution in [0.15, 0.2) is 54.7 Å². The second-order valence-corrected chi connectivity index (χ2v) is 9.36. The number of hydrogen-bond donors (Lipinski definition) is 2. The summed E-state index contributed by atoms with van der Waals surface area (Å²) in [6.07, 6.45) is 2.52. The molecule has 2 N–H and O–H groups in total. The largest absolute Gasteiger partial charge is 0.478 e. The van der Waals surface area contributed by atoms with Crippen LogP contribution in [0.25, 0.3) is 5.69 Å². The number of carboxylic acids is 1. The first-order valence-corrected chi connectivity index (χ1v) is 10.5. The van der Waals surface area contributed by atoms with Gasteiger partial charge >= 0.3 is 5.97 Å². The highest BCUT2D eigenvalue weighted by Gasteiger charge is 2.43. The third-order valence-electron chi connectivity index (χ3n) is 5.52. The van der Waals surface area contributed by atoms with Gasteiger partial charge in [0.1, 0.15) is 0 Å². The van der Waals surface area contributed by atoms with Gasteiger partial charge in [-0.1, -0.05) is 44.5 Å². The van der Waals surface area contributed by atoms with E-state index in [1.165, 1.54) is 6.07 Å². The number of hydrogen-bond acceptors (Lipinski definition) is 3. The fraction of sp³-hybridized carbons (Fsp3) is 0.292. The predicted molar refractivity (Wildman–Crippen MR) is 120 cm³/mol. The molecule has 1 aliphatic carbocycles. The van der Waals surface area contributed by atoms with Crippen molar-refractivity contribution in [3.05, 3.63) is 76.6 Å². The lowest BCUT2D eigenvalue weighted by Gasteiger charge is -2.15. The van der Waals surface area contributed by atoms with Gasteiger partial charge in [-0.2, -0.15) is 5.10 Å². The van der Waals surface area contributed by atoms with Crippen molar-refractivity contribution in [2.75, 3.05) is 5.32 Å². The third kappa shape index (κ3) is 4.49. The topological polar surface area (TPSA) is 84.2 Å². The standard InChI is InChI=1S/C24H24ClN3O3/c1-24(2,3)21-10-11-28(27-21)20-9-8-16(12-19(20)23(30)31)26-22(29)18-13-17(18)14-4-6-15(25)7-5-14/h4-12,17-18H,13H2,1-3H3,(H,26,29)(H,30,31). The summed E-state index contributed by atoms with van der Waals surface area (Å²) in [5, 5.41) is 17.8. The first-order valence-electron chi connectivity index (χ1n) is 10.1. The van der Waals surface area contributed by atoms with Gasteiger partial charge in [-0.3, -0.25) is 4.79 Å². The molecule has 0 bridgehead atoms. The fourth-order valence-electron chi connectivity index (χ4n) is 3.64. The molecule has 0 aliphatic heterocycles. The quantitative estimate of drug-likeness (QED) is 0.570. The Bertz CT molecular complexity index is 1150. The molecule has 0 spiro atoms. The summed E-state index contributed by atoms with van der Waals surface area (Å²) in [6.45, 7) is 6.14. The fourth-order valence-corrected chi connectivity index (χ4v) is 3.77. The molecule has 1 amide bonds. The number of aromatic carboxylic acids is 1. The molecular weight excluding hydrogens is 414 g/mol. The Morgan fingerprint density at radius 3 is 2.45 bits per heavy atom. The molecule has 0 radical (unpaired) electrons. The number of nitrogens with one attached hydrogen (secondary N) is 1. The molecule has 1 saturated carbocycles. The Kier molecular flexibility index (Phi) is 5.35. The minimum atomic E-state index is -1.08. The number of carbonyl (C=O) groups excluding carboxylic acids is 1. The second kappa shape index (κ2) is 7.85. The molecule has 1 aliphatic rings. The lowest BCUT2D eigenvalue weighted by molar-refractivity contribution is -0.117. The Morgan fingerprint density at radius 2 is 1.84 bits per heavy atom. The Balaban J connectivity index is 1.52. The lowest BCUT2D eigenvalue weighted by Crippen LogP contribution is -2.16. The maximum atomic E-state index is 12.7. The van der Waals surface area contributed by atoms with Gasteiger partial charge in [0, 0.05) is 28.2 Å². The minimum Gasteiger partial charge on any atom is -0.478 e. The molecule has 1 fully saturated rings. The zero-order chi connectivity index (χ0) is 22.3. The average molecular weight is 438 g/mol. The first kappa shape index (κ1) is 21.1. The highest BCUT2D eigenvalue weighted by molar-refractivity contribution is 6.30. The Labute approximate surface area is 185 Å². The van der Waals surface area contributed by atoms with Gasteiger partial charge in [0.25, 0.3) is 0 Å². The summed E-state index contributed by atoms with van der Waals surface area (Å²) >= 11 is 5.93. The van der Waals surface area contributed by atoms with Gasteiger partial charge < -0.3 is 10.4 Å². The number of amides is 1. The molecule has 1 heterocycles. The van der Waals surface area contributed by atoms with Gasteiger partial charge in [-0.15, -0.1) is 0 Å². The van der Waals surface area contributed by atoms with Crippen LogP contribution < -0.4 is 5.32 Å². The maximum Gasteiger partial charge on any atom is 0.337 e. The van der Waals surface area contributed by atoms with Crippen molar-refractivity contribution >= 4 is 29.2 Å². The number of halogens is 1. The van der Waals surface area contributed by atoms with Crippen molar-refractivity contribution < 1.29 is 14.7 Å². The van der Waals surface area contributed by atoms with E-state index in [0.717, 1.165) is 17.7 Å². The van der Waals surface area contributed by atoms with Crippen LogP contribution in [0.5, 0.6) is 0 Å². The van der Waals surface area contributed by atoms with Gasteiger partial charge in [0.15, 0.2) is 0 Å². The molecule has 2 aromatic carbocycles. The SMILES string of the molecule is CC(C)(C)c1ccn(-c2ccc(NC(=O)C3CC3c3ccc(Cl)cc3)cc2C(=O)O)n1. The van der Waals surface area contributed by atoms with Crippen LogP contribution in [-0.4, -0.2) is 26.8 Å². The number of anilines is 1.